The molecule has 4 saturated carbocycles. The van der Waals surface area contributed by atoms with E-state index in [0.717, 1.165) is 50.5 Å². The van der Waals surface area contributed by atoms with Crippen molar-refractivity contribution in [2.24, 2.45) is 50.2 Å². The Morgan fingerprint density at radius 2 is 1.59 bits per heavy atom. The van der Waals surface area contributed by atoms with Gasteiger partial charge in [-0.25, -0.2) is 14.0 Å². The number of aliphatic carboxylic acids is 1. The number of esters is 2. The van der Waals surface area contributed by atoms with Crippen LogP contribution >= 0.6 is 0 Å². The third kappa shape index (κ3) is 5.42. The Morgan fingerprint density at radius 3 is 2.24 bits per heavy atom. The van der Waals surface area contributed by atoms with Gasteiger partial charge >= 0.3 is 17.9 Å². The quantitative estimate of drug-likeness (QED) is 0.190. The number of carbonyl (C=O) groups excluding carboxylic acids is 2. The molecule has 268 valence electrons. The molecule has 6 rings (SSSR count). The molecule has 6 nitrogen and oxygen atoms in total. The minimum atomic E-state index is -1.15. The number of hydrogen-bond donors (Lipinski definition) is 1. The maximum Gasteiger partial charge on any atom is 0.338 e. The van der Waals surface area contributed by atoms with Crippen LogP contribution in [0.2, 0.25) is 0 Å². The van der Waals surface area contributed by atoms with Crippen molar-refractivity contribution in [1.82, 2.24) is 0 Å². The number of allylic oxidation sites excluding steroid dienone is 3. The van der Waals surface area contributed by atoms with Crippen molar-refractivity contribution in [3.05, 3.63) is 58.9 Å². The van der Waals surface area contributed by atoms with Crippen LogP contribution in [0.25, 0.3) is 0 Å². The second-order valence-electron chi connectivity index (χ2n) is 18.7. The van der Waals surface area contributed by atoms with Crippen molar-refractivity contribution in [1.29, 1.82) is 0 Å². The summed E-state index contributed by atoms with van der Waals surface area (Å²) in [5, 5.41) is 11.1. The number of fused-ring (bicyclic) bond motifs is 7. The fourth-order valence-electron chi connectivity index (χ4n) is 12.4. The Hall–Kier alpha value is -2.96. The Kier molecular flexibility index (Phi) is 8.63. The second kappa shape index (κ2) is 11.8. The van der Waals surface area contributed by atoms with Crippen molar-refractivity contribution in [3.63, 3.8) is 0 Å². The molecule has 0 radical (unpaired) electrons. The normalized spacial score (nSPS) is 40.2. The summed E-state index contributed by atoms with van der Waals surface area (Å²) in [7, 11) is 0. The SMILES string of the molecule is CC(C)=CC(=O)O[C@@H]1CC(C)(C)C[C@H]2C3=CC[C@@H]4[C@@]5(C)CC[C@H](OC(=O)c6cccc(F)c6)C(C)(C)[C@@H]5CC[C@@]4(C)[C@]3(C)CC[C@@]12C(=O)O. The Labute approximate surface area is 292 Å². The van der Waals surface area contributed by atoms with Gasteiger partial charge in [-0.3, -0.25) is 4.79 Å². The Balaban J connectivity index is 1.33. The zero-order chi connectivity index (χ0) is 35.9. The fourth-order valence-corrected chi connectivity index (χ4v) is 12.4. The van der Waals surface area contributed by atoms with Crippen LogP contribution in [0, 0.1) is 56.1 Å². The van der Waals surface area contributed by atoms with Gasteiger partial charge in [0.25, 0.3) is 0 Å². The largest absolute Gasteiger partial charge is 0.481 e. The van der Waals surface area contributed by atoms with E-state index in [-0.39, 0.29) is 44.7 Å². The van der Waals surface area contributed by atoms with E-state index in [2.05, 4.69) is 54.5 Å². The predicted molar refractivity (Wildman–Crippen MR) is 187 cm³/mol. The lowest BCUT2D eigenvalue weighted by molar-refractivity contribution is -0.215. The molecule has 0 amide bonds. The highest BCUT2D eigenvalue weighted by molar-refractivity contribution is 5.89. The number of carboxylic acids is 1. The van der Waals surface area contributed by atoms with Crippen molar-refractivity contribution in [2.75, 3.05) is 0 Å². The topological polar surface area (TPSA) is 89.9 Å². The van der Waals surface area contributed by atoms with E-state index >= 15 is 0 Å². The number of carboxylic acid groups (broad SMARTS) is 1. The highest BCUT2D eigenvalue weighted by Gasteiger charge is 2.71. The van der Waals surface area contributed by atoms with E-state index in [1.54, 1.807) is 12.1 Å². The number of ether oxygens (including phenoxy) is 2. The van der Waals surface area contributed by atoms with E-state index in [1.165, 1.54) is 23.8 Å². The average molecular weight is 677 g/mol. The Bertz CT molecular complexity index is 1600. The molecule has 1 aromatic rings. The van der Waals surface area contributed by atoms with Gasteiger partial charge in [0.15, 0.2) is 0 Å². The van der Waals surface area contributed by atoms with Gasteiger partial charge in [-0.2, -0.15) is 0 Å². The molecule has 4 fully saturated rings. The first-order valence-electron chi connectivity index (χ1n) is 18.5. The Morgan fingerprint density at radius 1 is 0.878 bits per heavy atom. The average Bonchev–Trinajstić information content (AvgIpc) is 2.98. The molecule has 5 aliphatic rings. The highest BCUT2D eigenvalue weighted by atomic mass is 19.1. The zero-order valence-corrected chi connectivity index (χ0v) is 31.1. The maximum absolute atomic E-state index is 13.9. The number of carbonyl (C=O) groups is 3. The summed E-state index contributed by atoms with van der Waals surface area (Å²) in [5.74, 6) is -1.72. The summed E-state index contributed by atoms with van der Waals surface area (Å²) >= 11 is 0. The van der Waals surface area contributed by atoms with Crippen LogP contribution in [0.15, 0.2) is 47.6 Å². The van der Waals surface area contributed by atoms with Gasteiger partial charge in [0, 0.05) is 17.4 Å². The zero-order valence-electron chi connectivity index (χ0n) is 31.1. The first-order valence-corrected chi connectivity index (χ1v) is 18.5. The molecule has 7 heteroatoms. The summed E-state index contributed by atoms with van der Waals surface area (Å²) < 4.78 is 26.2. The molecule has 0 unspecified atom stereocenters. The lowest BCUT2D eigenvalue weighted by Gasteiger charge is -2.71. The predicted octanol–water partition coefficient (Wildman–Crippen LogP) is 9.73. The molecule has 0 aliphatic heterocycles. The van der Waals surface area contributed by atoms with Crippen LogP contribution in [0.5, 0.6) is 0 Å². The van der Waals surface area contributed by atoms with Crippen LogP contribution in [0.3, 0.4) is 0 Å². The molecular weight excluding hydrogens is 619 g/mol. The lowest BCUT2D eigenvalue weighted by atomic mass is 9.33. The maximum atomic E-state index is 13.9. The van der Waals surface area contributed by atoms with Crippen LogP contribution in [0.4, 0.5) is 4.39 Å². The van der Waals surface area contributed by atoms with Gasteiger partial charge in [0.05, 0.1) is 5.56 Å². The van der Waals surface area contributed by atoms with Gasteiger partial charge in [0.2, 0.25) is 0 Å². The van der Waals surface area contributed by atoms with E-state index in [9.17, 15) is 23.9 Å². The minimum Gasteiger partial charge on any atom is -0.481 e. The monoisotopic (exact) mass is 676 g/mol. The van der Waals surface area contributed by atoms with Gasteiger partial charge in [-0.05, 0) is 123 Å². The van der Waals surface area contributed by atoms with E-state index in [4.69, 9.17) is 9.47 Å². The van der Waals surface area contributed by atoms with Crippen molar-refractivity contribution < 1.29 is 33.4 Å². The van der Waals surface area contributed by atoms with Crippen LogP contribution < -0.4 is 0 Å². The second-order valence-corrected chi connectivity index (χ2v) is 18.7. The number of hydrogen-bond acceptors (Lipinski definition) is 5. The molecular formula is C42H57FO6. The van der Waals surface area contributed by atoms with Gasteiger partial charge in [0.1, 0.15) is 23.4 Å². The fraction of sp³-hybridized carbons (Fsp3) is 0.690. The standard InChI is InChI=1S/C42H57FO6/c1-25(2)21-34(44)48-33-24-37(3,4)23-29-28-13-14-31-39(7)17-16-32(49-35(45)26-11-10-12-27(43)22-26)38(5,6)30(39)15-18-41(31,9)40(28,8)19-20-42(29,33)36(46)47/h10-13,21-22,29-33H,14-20,23-24H2,1-9H3,(H,46,47)/t29-,30-,31+,32-,33+,39-,40+,41+,42-/m0/s1. The lowest BCUT2D eigenvalue weighted by Crippen LogP contribution is -2.67. The molecule has 0 heterocycles. The third-order valence-corrected chi connectivity index (χ3v) is 14.9. The summed E-state index contributed by atoms with van der Waals surface area (Å²) in [4.78, 5) is 39.7. The van der Waals surface area contributed by atoms with E-state index in [1.807, 2.05) is 13.8 Å². The molecule has 49 heavy (non-hydrogen) atoms. The van der Waals surface area contributed by atoms with Crippen LogP contribution in [0.1, 0.15) is 130 Å². The molecule has 1 aromatic carbocycles. The van der Waals surface area contributed by atoms with Crippen molar-refractivity contribution in [3.8, 4) is 0 Å². The molecule has 0 saturated heterocycles. The summed E-state index contributed by atoms with van der Waals surface area (Å²) in [6.45, 7) is 19.9. The molecule has 9 atom stereocenters. The van der Waals surface area contributed by atoms with Crippen LogP contribution in [-0.4, -0.2) is 35.2 Å². The van der Waals surface area contributed by atoms with E-state index in [0.29, 0.717) is 24.7 Å². The molecule has 0 spiro atoms. The summed E-state index contributed by atoms with van der Waals surface area (Å²) in [6, 6.07) is 5.72. The molecule has 0 aromatic heterocycles. The number of benzene rings is 1. The third-order valence-electron chi connectivity index (χ3n) is 14.9. The van der Waals surface area contributed by atoms with Gasteiger partial charge in [-0.1, -0.05) is 71.8 Å². The van der Waals surface area contributed by atoms with Crippen molar-refractivity contribution in [2.45, 2.75) is 132 Å². The molecule has 5 aliphatic carbocycles. The van der Waals surface area contributed by atoms with Gasteiger partial charge in [-0.15, -0.1) is 0 Å². The van der Waals surface area contributed by atoms with Gasteiger partial charge < -0.3 is 14.6 Å². The first-order chi connectivity index (χ1) is 22.7. The highest BCUT2D eigenvalue weighted by Crippen LogP contribution is 2.76. The van der Waals surface area contributed by atoms with Crippen LogP contribution in [-0.2, 0) is 19.1 Å². The smallest absolute Gasteiger partial charge is 0.338 e. The van der Waals surface area contributed by atoms with E-state index < -0.39 is 35.2 Å². The number of rotatable bonds is 5. The molecule has 1 N–H and O–H groups in total. The first kappa shape index (κ1) is 35.9. The summed E-state index contributed by atoms with van der Waals surface area (Å²) in [5.41, 5.74) is 0.486. The minimum absolute atomic E-state index is 0.00111. The molecule has 0 bridgehead atoms. The summed E-state index contributed by atoms with van der Waals surface area (Å²) in [6.07, 6.45) is 10.00. The number of halogens is 1. The van der Waals surface area contributed by atoms with Crippen molar-refractivity contribution >= 4 is 17.9 Å².